The van der Waals surface area contributed by atoms with Crippen molar-refractivity contribution in [1.29, 1.82) is 0 Å². The molecule has 0 fully saturated rings. The Labute approximate surface area is 121 Å². The summed E-state index contributed by atoms with van der Waals surface area (Å²) >= 11 is 0. The third kappa shape index (κ3) is 2.40. The van der Waals surface area contributed by atoms with Crippen molar-refractivity contribution in [3.8, 4) is 0 Å². The van der Waals surface area contributed by atoms with Crippen molar-refractivity contribution in [2.45, 2.75) is 4.90 Å². The molecular weight excluding hydrogens is 290 g/mol. The van der Waals surface area contributed by atoms with E-state index in [1.807, 2.05) is 0 Å². The molecule has 1 aromatic carbocycles. The van der Waals surface area contributed by atoms with E-state index in [1.54, 1.807) is 37.5 Å². The summed E-state index contributed by atoms with van der Waals surface area (Å²) in [6.07, 6.45) is 4.33. The second kappa shape index (κ2) is 4.74. The fourth-order valence-corrected chi connectivity index (χ4v) is 3.09. The Morgan fingerprint density at radius 2 is 2.10 bits per heavy atom. The van der Waals surface area contributed by atoms with Gasteiger partial charge in [-0.25, -0.2) is 8.42 Å². The molecule has 2 heterocycles. The molecule has 0 bridgehead atoms. The molecule has 0 unspecified atom stereocenters. The lowest BCUT2D eigenvalue weighted by molar-refractivity contribution is 0.601. The van der Waals surface area contributed by atoms with E-state index in [0.717, 1.165) is 0 Å². The normalized spacial score (nSPS) is 11.7. The number of sulfonamides is 1. The topological polar surface area (TPSA) is 103 Å². The maximum absolute atomic E-state index is 12.3. The molecular formula is C13H13N5O2S. The molecule has 8 heteroatoms. The monoisotopic (exact) mass is 303 g/mol. The van der Waals surface area contributed by atoms with E-state index in [4.69, 9.17) is 5.73 Å². The first-order chi connectivity index (χ1) is 9.97. The highest BCUT2D eigenvalue weighted by molar-refractivity contribution is 7.92. The molecule has 0 aliphatic rings. The van der Waals surface area contributed by atoms with Crippen LogP contribution in [0.4, 0.5) is 11.4 Å². The van der Waals surface area contributed by atoms with Crippen LogP contribution in [-0.4, -0.2) is 23.2 Å². The molecule has 3 N–H and O–H groups in total. The summed E-state index contributed by atoms with van der Waals surface area (Å²) in [5.74, 6) is 0. The lowest BCUT2D eigenvalue weighted by Gasteiger charge is -2.10. The molecule has 0 aliphatic heterocycles. The zero-order chi connectivity index (χ0) is 15.0. The van der Waals surface area contributed by atoms with Gasteiger partial charge in [0.1, 0.15) is 4.90 Å². The fourth-order valence-electron chi connectivity index (χ4n) is 2.02. The second-order valence-electron chi connectivity index (χ2n) is 4.56. The molecule has 0 amide bonds. The summed E-state index contributed by atoms with van der Waals surface area (Å²) in [5.41, 5.74) is 7.33. The van der Waals surface area contributed by atoms with Gasteiger partial charge < -0.3 is 5.73 Å². The van der Waals surface area contributed by atoms with Gasteiger partial charge in [-0.05, 0) is 24.3 Å². The Bertz CT molecular complexity index is 917. The molecule has 108 valence electrons. The first-order valence-electron chi connectivity index (χ1n) is 6.12. The van der Waals surface area contributed by atoms with Crippen LogP contribution in [0.15, 0.2) is 47.8 Å². The third-order valence-electron chi connectivity index (χ3n) is 3.04. The number of nitrogens with zero attached hydrogens (tertiary/aromatic N) is 3. The number of hydrogen-bond donors (Lipinski definition) is 2. The molecule has 0 radical (unpaired) electrons. The summed E-state index contributed by atoms with van der Waals surface area (Å²) < 4.78 is 28.6. The zero-order valence-corrected chi connectivity index (χ0v) is 12.0. The van der Waals surface area contributed by atoms with Crippen molar-refractivity contribution >= 4 is 32.3 Å². The predicted molar refractivity (Wildman–Crippen MR) is 80.2 cm³/mol. The van der Waals surface area contributed by atoms with Crippen LogP contribution in [0.1, 0.15) is 0 Å². The molecule has 0 saturated heterocycles. The number of aryl methyl sites for hydroxylation is 1. The average Bonchev–Trinajstić information content (AvgIpc) is 2.90. The zero-order valence-electron chi connectivity index (χ0n) is 11.2. The minimum atomic E-state index is -3.70. The molecule has 21 heavy (non-hydrogen) atoms. The summed E-state index contributed by atoms with van der Waals surface area (Å²) in [6.45, 7) is 0. The Morgan fingerprint density at radius 1 is 1.29 bits per heavy atom. The summed E-state index contributed by atoms with van der Waals surface area (Å²) in [6, 6.07) is 6.73. The Kier molecular flexibility index (Phi) is 3.02. The molecule has 3 aromatic rings. The number of nitrogens with two attached hydrogens (primary N) is 1. The van der Waals surface area contributed by atoms with Gasteiger partial charge in [-0.15, -0.1) is 0 Å². The molecule has 0 spiro atoms. The predicted octanol–water partition coefficient (Wildman–Crippen LogP) is 1.35. The summed E-state index contributed by atoms with van der Waals surface area (Å²) in [7, 11) is -2.04. The van der Waals surface area contributed by atoms with Crippen molar-refractivity contribution in [2.24, 2.45) is 7.05 Å². The van der Waals surface area contributed by atoms with E-state index in [1.165, 1.54) is 17.1 Å². The van der Waals surface area contributed by atoms with Gasteiger partial charge in [-0.2, -0.15) is 5.10 Å². The van der Waals surface area contributed by atoms with Gasteiger partial charge >= 0.3 is 0 Å². The van der Waals surface area contributed by atoms with Gasteiger partial charge in [0.25, 0.3) is 10.0 Å². The van der Waals surface area contributed by atoms with Gasteiger partial charge in [0.05, 0.1) is 23.1 Å². The SMILES string of the molecule is Cn1cc(S(=O)(=O)Nc2ccc(N)c3ncccc23)cn1. The van der Waals surface area contributed by atoms with E-state index >= 15 is 0 Å². The molecule has 7 nitrogen and oxygen atoms in total. The maximum atomic E-state index is 12.3. The average molecular weight is 303 g/mol. The number of anilines is 2. The highest BCUT2D eigenvalue weighted by atomic mass is 32.2. The van der Waals surface area contributed by atoms with Gasteiger partial charge in [0.2, 0.25) is 0 Å². The standard InChI is InChI=1S/C13H13N5O2S/c1-18-8-9(7-16-18)21(19,20)17-12-5-4-11(14)13-10(12)3-2-6-15-13/h2-8,17H,14H2,1H3. The van der Waals surface area contributed by atoms with Gasteiger partial charge in [-0.1, -0.05) is 0 Å². The number of fused-ring (bicyclic) bond motifs is 1. The van der Waals surface area contributed by atoms with Crippen molar-refractivity contribution in [3.63, 3.8) is 0 Å². The van der Waals surface area contributed by atoms with E-state index < -0.39 is 10.0 Å². The van der Waals surface area contributed by atoms with E-state index in [2.05, 4.69) is 14.8 Å². The first-order valence-corrected chi connectivity index (χ1v) is 7.60. The molecule has 0 atom stereocenters. The van der Waals surface area contributed by atoms with Gasteiger partial charge in [0, 0.05) is 24.8 Å². The van der Waals surface area contributed by atoms with E-state index in [9.17, 15) is 8.42 Å². The Hall–Kier alpha value is -2.61. The number of rotatable bonds is 3. The van der Waals surface area contributed by atoms with Crippen molar-refractivity contribution in [2.75, 3.05) is 10.5 Å². The molecule has 0 aliphatic carbocycles. The largest absolute Gasteiger partial charge is 0.397 e. The quantitative estimate of drug-likeness (QED) is 0.711. The van der Waals surface area contributed by atoms with Crippen molar-refractivity contribution < 1.29 is 8.42 Å². The van der Waals surface area contributed by atoms with Crippen LogP contribution in [0, 0.1) is 0 Å². The smallest absolute Gasteiger partial charge is 0.265 e. The number of benzene rings is 1. The van der Waals surface area contributed by atoms with Gasteiger partial charge in [0.15, 0.2) is 0 Å². The van der Waals surface area contributed by atoms with E-state index in [-0.39, 0.29) is 4.90 Å². The second-order valence-corrected chi connectivity index (χ2v) is 6.24. The van der Waals surface area contributed by atoms with Crippen LogP contribution < -0.4 is 10.5 Å². The third-order valence-corrected chi connectivity index (χ3v) is 4.36. The van der Waals surface area contributed by atoms with Crippen LogP contribution in [0.2, 0.25) is 0 Å². The van der Waals surface area contributed by atoms with Crippen molar-refractivity contribution in [1.82, 2.24) is 14.8 Å². The van der Waals surface area contributed by atoms with Crippen LogP contribution in [0.5, 0.6) is 0 Å². The Balaban J connectivity index is 2.08. The number of aromatic nitrogens is 3. The highest BCUT2D eigenvalue weighted by Crippen LogP contribution is 2.28. The molecule has 2 aromatic heterocycles. The fraction of sp³-hybridized carbons (Fsp3) is 0.0769. The van der Waals surface area contributed by atoms with Crippen LogP contribution in [-0.2, 0) is 17.1 Å². The first kappa shape index (κ1) is 13.4. The minimum Gasteiger partial charge on any atom is -0.397 e. The summed E-state index contributed by atoms with van der Waals surface area (Å²) in [4.78, 5) is 4.27. The van der Waals surface area contributed by atoms with Crippen LogP contribution in [0.25, 0.3) is 10.9 Å². The molecule has 0 saturated carbocycles. The number of hydrogen-bond acceptors (Lipinski definition) is 5. The number of nitrogens with one attached hydrogen (secondary N) is 1. The van der Waals surface area contributed by atoms with E-state index in [0.29, 0.717) is 22.3 Å². The van der Waals surface area contributed by atoms with Crippen LogP contribution in [0.3, 0.4) is 0 Å². The maximum Gasteiger partial charge on any atom is 0.265 e. The minimum absolute atomic E-state index is 0.0962. The summed E-state index contributed by atoms with van der Waals surface area (Å²) in [5, 5.41) is 4.51. The highest BCUT2D eigenvalue weighted by Gasteiger charge is 2.17. The Morgan fingerprint density at radius 3 is 2.81 bits per heavy atom. The van der Waals surface area contributed by atoms with Crippen molar-refractivity contribution in [3.05, 3.63) is 42.9 Å². The number of pyridine rings is 1. The van der Waals surface area contributed by atoms with Crippen LogP contribution >= 0.6 is 0 Å². The lowest BCUT2D eigenvalue weighted by atomic mass is 10.1. The lowest BCUT2D eigenvalue weighted by Crippen LogP contribution is -2.12. The number of nitrogen functional groups attached to an aromatic ring is 1. The van der Waals surface area contributed by atoms with Gasteiger partial charge in [-0.3, -0.25) is 14.4 Å². The molecule has 3 rings (SSSR count).